The van der Waals surface area contributed by atoms with E-state index in [1.165, 1.54) is 12.3 Å². The molecule has 1 atom stereocenters. The number of alkyl halides is 3. The summed E-state index contributed by atoms with van der Waals surface area (Å²) in [5, 5.41) is 0. The van der Waals surface area contributed by atoms with Gasteiger partial charge in [0.1, 0.15) is 5.82 Å². The average molecular weight is 205 g/mol. The van der Waals surface area contributed by atoms with Gasteiger partial charge in [0.15, 0.2) is 0 Å². The van der Waals surface area contributed by atoms with Gasteiger partial charge in [0.25, 0.3) is 0 Å². The van der Waals surface area contributed by atoms with Crippen LogP contribution in [0.25, 0.3) is 0 Å². The lowest BCUT2D eigenvalue weighted by Gasteiger charge is -2.13. The van der Waals surface area contributed by atoms with Crippen molar-refractivity contribution in [2.45, 2.75) is 25.6 Å². The molecule has 14 heavy (non-hydrogen) atoms. The molecule has 78 valence electrons. The number of aromatic nitrogens is 2. The topological polar surface area (TPSA) is 51.8 Å². The summed E-state index contributed by atoms with van der Waals surface area (Å²) in [6.45, 7) is 1.60. The quantitative estimate of drug-likeness (QED) is 0.800. The molecule has 0 radical (unpaired) electrons. The third-order valence-corrected chi connectivity index (χ3v) is 1.63. The van der Waals surface area contributed by atoms with E-state index in [9.17, 15) is 13.2 Å². The molecule has 0 aliphatic carbocycles. The Morgan fingerprint density at radius 1 is 1.50 bits per heavy atom. The van der Waals surface area contributed by atoms with E-state index in [2.05, 4.69) is 9.97 Å². The smallest absolute Gasteiger partial charge is 0.322 e. The standard InChI is InChI=1S/C8H10F3N3/c1-5-13-3-2-7(14-5)6(12)4-8(9,10)11/h2-3,6H,4,12H2,1H3/t6-/m1/s1. The molecule has 0 aliphatic heterocycles. The number of hydrogen-bond donors (Lipinski definition) is 1. The van der Waals surface area contributed by atoms with Gasteiger partial charge in [-0.25, -0.2) is 9.97 Å². The lowest BCUT2D eigenvalue weighted by molar-refractivity contribution is -0.138. The van der Waals surface area contributed by atoms with E-state index in [0.29, 0.717) is 5.82 Å². The van der Waals surface area contributed by atoms with Crippen molar-refractivity contribution < 1.29 is 13.2 Å². The first-order valence-electron chi connectivity index (χ1n) is 4.00. The molecule has 0 unspecified atom stereocenters. The van der Waals surface area contributed by atoms with Crippen LogP contribution in [0, 0.1) is 6.92 Å². The van der Waals surface area contributed by atoms with Crippen LogP contribution >= 0.6 is 0 Å². The average Bonchev–Trinajstić information content (AvgIpc) is 2.01. The van der Waals surface area contributed by atoms with E-state index in [-0.39, 0.29) is 5.69 Å². The second-order valence-electron chi connectivity index (χ2n) is 2.95. The number of halogens is 3. The Hall–Kier alpha value is -1.17. The molecule has 6 heteroatoms. The largest absolute Gasteiger partial charge is 0.390 e. The number of aryl methyl sites for hydroxylation is 1. The zero-order valence-corrected chi connectivity index (χ0v) is 7.54. The molecule has 0 saturated carbocycles. The lowest BCUT2D eigenvalue weighted by Crippen LogP contribution is -2.21. The minimum absolute atomic E-state index is 0.217. The number of nitrogens with two attached hydrogens (primary N) is 1. The maximum Gasteiger partial charge on any atom is 0.390 e. The Labute approximate surface area is 79.2 Å². The summed E-state index contributed by atoms with van der Waals surface area (Å²) >= 11 is 0. The van der Waals surface area contributed by atoms with E-state index in [1.807, 2.05) is 0 Å². The molecule has 1 aromatic rings. The van der Waals surface area contributed by atoms with Crippen molar-refractivity contribution in [3.63, 3.8) is 0 Å². The zero-order valence-electron chi connectivity index (χ0n) is 7.54. The molecule has 3 nitrogen and oxygen atoms in total. The molecular formula is C8H10F3N3. The number of rotatable bonds is 2. The first-order chi connectivity index (χ1) is 6.38. The first-order valence-corrected chi connectivity index (χ1v) is 4.00. The molecule has 0 aromatic carbocycles. The second-order valence-corrected chi connectivity index (χ2v) is 2.95. The van der Waals surface area contributed by atoms with Crippen LogP contribution in [0.15, 0.2) is 12.3 Å². The van der Waals surface area contributed by atoms with Crippen LogP contribution in [0.2, 0.25) is 0 Å². The maximum absolute atomic E-state index is 12.0. The monoisotopic (exact) mass is 205 g/mol. The second kappa shape index (κ2) is 3.91. The van der Waals surface area contributed by atoms with E-state index in [1.54, 1.807) is 6.92 Å². The molecule has 0 fully saturated rings. The van der Waals surface area contributed by atoms with Crippen molar-refractivity contribution in [3.8, 4) is 0 Å². The summed E-state index contributed by atoms with van der Waals surface area (Å²) in [7, 11) is 0. The van der Waals surface area contributed by atoms with Gasteiger partial charge < -0.3 is 5.73 Å². The summed E-state index contributed by atoms with van der Waals surface area (Å²) in [5.41, 5.74) is 5.56. The summed E-state index contributed by atoms with van der Waals surface area (Å²) in [6, 6.07) is 0.278. The van der Waals surface area contributed by atoms with Crippen molar-refractivity contribution in [3.05, 3.63) is 23.8 Å². The predicted molar refractivity (Wildman–Crippen MR) is 44.4 cm³/mol. The Morgan fingerprint density at radius 3 is 2.64 bits per heavy atom. The highest BCUT2D eigenvalue weighted by Gasteiger charge is 2.31. The highest BCUT2D eigenvalue weighted by Crippen LogP contribution is 2.26. The van der Waals surface area contributed by atoms with Crippen LogP contribution in [-0.2, 0) is 0 Å². The normalized spacial score (nSPS) is 14.1. The van der Waals surface area contributed by atoms with Crippen molar-refractivity contribution in [1.82, 2.24) is 9.97 Å². The van der Waals surface area contributed by atoms with Crippen LogP contribution in [0.4, 0.5) is 13.2 Å². The van der Waals surface area contributed by atoms with Gasteiger partial charge in [-0.15, -0.1) is 0 Å². The molecule has 1 aromatic heterocycles. The van der Waals surface area contributed by atoms with Crippen molar-refractivity contribution in [2.24, 2.45) is 5.73 Å². The lowest BCUT2D eigenvalue weighted by atomic mass is 10.1. The summed E-state index contributed by atoms with van der Waals surface area (Å²) in [6.07, 6.45) is -3.93. The molecule has 0 saturated heterocycles. The fraction of sp³-hybridized carbons (Fsp3) is 0.500. The van der Waals surface area contributed by atoms with Gasteiger partial charge in [0.05, 0.1) is 18.2 Å². The number of hydrogen-bond acceptors (Lipinski definition) is 3. The van der Waals surface area contributed by atoms with Gasteiger partial charge in [-0.3, -0.25) is 0 Å². The molecule has 1 heterocycles. The van der Waals surface area contributed by atoms with Gasteiger partial charge >= 0.3 is 6.18 Å². The van der Waals surface area contributed by atoms with Crippen LogP contribution in [0.1, 0.15) is 24.0 Å². The Bertz CT molecular complexity index is 311. The van der Waals surface area contributed by atoms with E-state index >= 15 is 0 Å². The SMILES string of the molecule is Cc1nccc([C@H](N)CC(F)(F)F)n1. The Balaban J connectivity index is 2.74. The Morgan fingerprint density at radius 2 is 2.14 bits per heavy atom. The third kappa shape index (κ3) is 3.29. The van der Waals surface area contributed by atoms with Crippen LogP contribution in [0.3, 0.4) is 0 Å². The fourth-order valence-electron chi connectivity index (χ4n) is 1.03. The van der Waals surface area contributed by atoms with Gasteiger partial charge in [-0.2, -0.15) is 13.2 Å². The molecular weight excluding hydrogens is 195 g/mol. The van der Waals surface area contributed by atoms with Gasteiger partial charge in [0, 0.05) is 6.20 Å². The van der Waals surface area contributed by atoms with E-state index in [0.717, 1.165) is 0 Å². The van der Waals surface area contributed by atoms with Crippen molar-refractivity contribution >= 4 is 0 Å². The van der Waals surface area contributed by atoms with Crippen molar-refractivity contribution in [1.29, 1.82) is 0 Å². The third-order valence-electron chi connectivity index (χ3n) is 1.63. The summed E-state index contributed by atoms with van der Waals surface area (Å²) in [5.74, 6) is 0.417. The Kier molecular flexibility index (Phi) is 3.05. The van der Waals surface area contributed by atoms with E-state index in [4.69, 9.17) is 5.73 Å². The van der Waals surface area contributed by atoms with Crippen LogP contribution in [0.5, 0.6) is 0 Å². The minimum atomic E-state index is -4.27. The van der Waals surface area contributed by atoms with Crippen molar-refractivity contribution in [2.75, 3.05) is 0 Å². The van der Waals surface area contributed by atoms with E-state index < -0.39 is 18.6 Å². The van der Waals surface area contributed by atoms with Gasteiger partial charge in [0.2, 0.25) is 0 Å². The molecule has 0 bridgehead atoms. The zero-order chi connectivity index (χ0) is 10.8. The van der Waals surface area contributed by atoms with Crippen LogP contribution < -0.4 is 5.73 Å². The summed E-state index contributed by atoms with van der Waals surface area (Å²) < 4.78 is 35.9. The van der Waals surface area contributed by atoms with Gasteiger partial charge in [-0.05, 0) is 13.0 Å². The highest BCUT2D eigenvalue weighted by molar-refractivity contribution is 5.06. The molecule has 2 N–H and O–H groups in total. The highest BCUT2D eigenvalue weighted by atomic mass is 19.4. The molecule has 1 rings (SSSR count). The maximum atomic E-state index is 12.0. The minimum Gasteiger partial charge on any atom is -0.322 e. The van der Waals surface area contributed by atoms with Crippen LogP contribution in [-0.4, -0.2) is 16.1 Å². The fourth-order valence-corrected chi connectivity index (χ4v) is 1.03. The van der Waals surface area contributed by atoms with Gasteiger partial charge in [-0.1, -0.05) is 0 Å². The molecule has 0 amide bonds. The first kappa shape index (κ1) is 10.9. The predicted octanol–water partition coefficient (Wildman–Crippen LogP) is 1.74. The number of nitrogens with zero attached hydrogens (tertiary/aromatic N) is 2. The summed E-state index contributed by atoms with van der Waals surface area (Å²) in [4.78, 5) is 7.59. The molecule has 0 aliphatic rings. The molecule has 0 spiro atoms.